The standard InChI is InChI=1S/C37H41N3O3/c1-40(2)28-17-15-26(16-18-28)23-27-25-43-35-24-29(19-20-32(35)37(27)41)42-22-10-4-3-9-21-38-36-30-11-5-7-13-33(30)39-34-14-8-6-12-31(34)36/h5,7,11,13,15-20,23-24H,3-4,6,8-10,12,14,21-22,25H2,1-2H3,(H,38,39)/b27-23+. The fourth-order valence-corrected chi connectivity index (χ4v) is 6.03. The fraction of sp³-hybridized carbons (Fsp3) is 0.351. The molecular weight excluding hydrogens is 534 g/mol. The van der Waals surface area contributed by atoms with Crippen molar-refractivity contribution >= 4 is 34.1 Å². The molecule has 0 saturated heterocycles. The number of anilines is 2. The zero-order chi connectivity index (χ0) is 29.6. The molecule has 0 atom stereocenters. The lowest BCUT2D eigenvalue weighted by molar-refractivity contribution is 0.100. The molecule has 0 radical (unpaired) electrons. The van der Waals surface area contributed by atoms with Crippen molar-refractivity contribution < 1.29 is 14.3 Å². The smallest absolute Gasteiger partial charge is 0.196 e. The second-order valence-corrected chi connectivity index (χ2v) is 11.8. The van der Waals surface area contributed by atoms with Crippen molar-refractivity contribution in [2.75, 3.05) is 44.1 Å². The van der Waals surface area contributed by atoms with E-state index in [9.17, 15) is 4.79 Å². The monoisotopic (exact) mass is 575 g/mol. The van der Waals surface area contributed by atoms with Gasteiger partial charge in [-0.1, -0.05) is 43.2 Å². The van der Waals surface area contributed by atoms with Crippen molar-refractivity contribution in [1.82, 2.24) is 4.98 Å². The molecule has 0 fully saturated rings. The van der Waals surface area contributed by atoms with Gasteiger partial charge in [-0.05, 0) is 86.1 Å². The Labute approximate surface area is 254 Å². The lowest BCUT2D eigenvalue weighted by atomic mass is 9.92. The number of aryl methyl sites for hydroxylation is 1. The van der Waals surface area contributed by atoms with Gasteiger partial charge in [-0.2, -0.15) is 0 Å². The number of carbonyl (C=O) groups is 1. The van der Waals surface area contributed by atoms with E-state index in [2.05, 4.69) is 34.5 Å². The Morgan fingerprint density at radius 1 is 0.953 bits per heavy atom. The van der Waals surface area contributed by atoms with Gasteiger partial charge in [0.25, 0.3) is 0 Å². The van der Waals surface area contributed by atoms with Crippen molar-refractivity contribution in [2.24, 2.45) is 0 Å². The van der Waals surface area contributed by atoms with Gasteiger partial charge in [0.2, 0.25) is 0 Å². The van der Waals surface area contributed by atoms with Gasteiger partial charge < -0.3 is 19.7 Å². The van der Waals surface area contributed by atoms with Gasteiger partial charge in [0.1, 0.15) is 18.1 Å². The third-order valence-corrected chi connectivity index (χ3v) is 8.43. The van der Waals surface area contributed by atoms with Crippen LogP contribution in [0.5, 0.6) is 11.5 Å². The minimum absolute atomic E-state index is 0.0124. The topological polar surface area (TPSA) is 63.7 Å². The highest BCUT2D eigenvalue weighted by molar-refractivity contribution is 6.14. The minimum atomic E-state index is 0.0124. The number of ketones is 1. The average molecular weight is 576 g/mol. The summed E-state index contributed by atoms with van der Waals surface area (Å²) in [6.45, 7) is 1.88. The summed E-state index contributed by atoms with van der Waals surface area (Å²) >= 11 is 0. The van der Waals surface area contributed by atoms with Crippen LogP contribution in [-0.4, -0.2) is 44.6 Å². The summed E-state index contributed by atoms with van der Waals surface area (Å²) in [5.41, 5.74) is 8.47. The van der Waals surface area contributed by atoms with Gasteiger partial charge in [0.15, 0.2) is 5.78 Å². The first-order chi connectivity index (χ1) is 21.1. The van der Waals surface area contributed by atoms with Gasteiger partial charge in [-0.3, -0.25) is 9.78 Å². The normalized spacial score (nSPS) is 15.1. The van der Waals surface area contributed by atoms with Crippen LogP contribution in [0.1, 0.15) is 65.7 Å². The van der Waals surface area contributed by atoms with Crippen molar-refractivity contribution in [1.29, 1.82) is 0 Å². The number of carbonyl (C=O) groups excluding carboxylic acids is 1. The highest BCUT2D eigenvalue weighted by Gasteiger charge is 2.24. The molecule has 0 saturated carbocycles. The van der Waals surface area contributed by atoms with Gasteiger partial charge in [0, 0.05) is 54.7 Å². The van der Waals surface area contributed by atoms with E-state index in [1.54, 1.807) is 0 Å². The molecule has 0 spiro atoms. The average Bonchev–Trinajstić information content (AvgIpc) is 3.03. The second-order valence-electron chi connectivity index (χ2n) is 11.8. The van der Waals surface area contributed by atoms with Crippen molar-refractivity contribution in [3.05, 3.63) is 94.7 Å². The third kappa shape index (κ3) is 6.69. The van der Waals surface area contributed by atoms with Crippen LogP contribution < -0.4 is 19.7 Å². The number of para-hydroxylation sites is 1. The maximum Gasteiger partial charge on any atom is 0.196 e. The van der Waals surface area contributed by atoms with Gasteiger partial charge in [-0.15, -0.1) is 0 Å². The highest BCUT2D eigenvalue weighted by atomic mass is 16.5. The lowest BCUT2D eigenvalue weighted by Gasteiger charge is -2.21. The number of hydrogen-bond donors (Lipinski definition) is 1. The van der Waals surface area contributed by atoms with Crippen LogP contribution in [0.2, 0.25) is 0 Å². The van der Waals surface area contributed by atoms with E-state index >= 15 is 0 Å². The van der Waals surface area contributed by atoms with Crippen LogP contribution in [0, 0.1) is 0 Å². The van der Waals surface area contributed by atoms with Gasteiger partial charge in [-0.25, -0.2) is 0 Å². The number of nitrogens with one attached hydrogen (secondary N) is 1. The van der Waals surface area contributed by atoms with Crippen LogP contribution in [0.15, 0.2) is 72.3 Å². The largest absolute Gasteiger partial charge is 0.493 e. The number of pyridine rings is 1. The van der Waals surface area contributed by atoms with E-state index in [4.69, 9.17) is 14.5 Å². The van der Waals surface area contributed by atoms with Crippen LogP contribution in [0.25, 0.3) is 17.0 Å². The van der Waals surface area contributed by atoms with Crippen molar-refractivity contribution in [2.45, 2.75) is 51.4 Å². The number of rotatable bonds is 11. The fourth-order valence-electron chi connectivity index (χ4n) is 6.03. The summed E-state index contributed by atoms with van der Waals surface area (Å²) in [6.07, 6.45) is 11.0. The first-order valence-electron chi connectivity index (χ1n) is 15.6. The van der Waals surface area contributed by atoms with E-state index in [1.165, 1.54) is 35.2 Å². The molecule has 3 aromatic carbocycles. The SMILES string of the molecule is CN(C)c1ccc(/C=C2\COc3cc(OCCCCCCNc4c5c(nc6ccccc46)CCCC5)ccc3C2=O)cc1. The van der Waals surface area contributed by atoms with E-state index in [-0.39, 0.29) is 12.4 Å². The Morgan fingerprint density at radius 2 is 1.77 bits per heavy atom. The number of benzene rings is 3. The summed E-state index contributed by atoms with van der Waals surface area (Å²) in [7, 11) is 4.02. The van der Waals surface area contributed by atoms with Gasteiger partial charge >= 0.3 is 0 Å². The Bertz CT molecular complexity index is 1620. The number of aromatic nitrogens is 1. The van der Waals surface area contributed by atoms with Crippen LogP contribution in [0.3, 0.4) is 0 Å². The molecule has 6 nitrogen and oxygen atoms in total. The van der Waals surface area contributed by atoms with Crippen molar-refractivity contribution in [3.63, 3.8) is 0 Å². The minimum Gasteiger partial charge on any atom is -0.493 e. The first kappa shape index (κ1) is 28.8. The molecule has 6 rings (SSSR count). The summed E-state index contributed by atoms with van der Waals surface area (Å²) in [5.74, 6) is 1.35. The van der Waals surface area contributed by atoms with E-state index in [0.717, 1.165) is 67.6 Å². The molecule has 2 aliphatic rings. The van der Waals surface area contributed by atoms with Crippen LogP contribution >= 0.6 is 0 Å². The Kier molecular flexibility index (Phi) is 8.92. The predicted molar refractivity (Wildman–Crippen MR) is 176 cm³/mol. The molecule has 1 N–H and O–H groups in total. The molecule has 222 valence electrons. The maximum absolute atomic E-state index is 13.1. The predicted octanol–water partition coefficient (Wildman–Crippen LogP) is 7.89. The molecule has 6 heteroatoms. The molecule has 0 amide bonds. The van der Waals surface area contributed by atoms with Crippen LogP contribution in [-0.2, 0) is 12.8 Å². The summed E-state index contributed by atoms with van der Waals surface area (Å²) < 4.78 is 12.0. The zero-order valence-corrected chi connectivity index (χ0v) is 25.3. The van der Waals surface area contributed by atoms with Gasteiger partial charge in [0.05, 0.1) is 17.7 Å². The van der Waals surface area contributed by atoms with E-state index in [0.29, 0.717) is 23.5 Å². The number of unbranched alkanes of at least 4 members (excludes halogenated alkanes) is 3. The zero-order valence-electron chi connectivity index (χ0n) is 25.3. The van der Waals surface area contributed by atoms with Crippen LogP contribution in [0.4, 0.5) is 11.4 Å². The molecule has 1 aliphatic heterocycles. The number of fused-ring (bicyclic) bond motifs is 3. The Morgan fingerprint density at radius 3 is 2.63 bits per heavy atom. The number of hydrogen-bond acceptors (Lipinski definition) is 6. The van der Waals surface area contributed by atoms with Crippen molar-refractivity contribution in [3.8, 4) is 11.5 Å². The molecule has 0 bridgehead atoms. The Hall–Kier alpha value is -4.32. The van der Waals surface area contributed by atoms with E-state index in [1.807, 2.05) is 62.6 Å². The molecule has 1 aliphatic carbocycles. The molecule has 43 heavy (non-hydrogen) atoms. The number of ether oxygens (including phenoxy) is 2. The molecular formula is C37H41N3O3. The summed E-state index contributed by atoms with van der Waals surface area (Å²) in [6, 6.07) is 22.2. The number of Topliss-reactive ketones (excluding diaryl/α,β-unsaturated/α-hetero) is 1. The Balaban J connectivity index is 0.950. The first-order valence-corrected chi connectivity index (χ1v) is 15.6. The maximum atomic E-state index is 13.1. The summed E-state index contributed by atoms with van der Waals surface area (Å²) in [4.78, 5) is 20.1. The highest BCUT2D eigenvalue weighted by Crippen LogP contribution is 2.34. The second kappa shape index (κ2) is 13.3. The molecule has 0 unspecified atom stereocenters. The third-order valence-electron chi connectivity index (χ3n) is 8.43. The molecule has 4 aromatic rings. The summed E-state index contributed by atoms with van der Waals surface area (Å²) in [5, 5.41) is 5.01. The molecule has 2 heterocycles. The lowest BCUT2D eigenvalue weighted by Crippen LogP contribution is -2.19. The quantitative estimate of drug-likeness (QED) is 0.145. The van der Waals surface area contributed by atoms with E-state index < -0.39 is 0 Å². The molecule has 1 aromatic heterocycles. The number of nitrogens with zero attached hydrogens (tertiary/aromatic N) is 2.